The van der Waals surface area contributed by atoms with E-state index in [0.29, 0.717) is 24.7 Å². The van der Waals surface area contributed by atoms with Crippen LogP contribution in [0.4, 0.5) is 0 Å². The monoisotopic (exact) mass is 410 g/mol. The van der Waals surface area contributed by atoms with Gasteiger partial charge in [-0.05, 0) is 68.4 Å². The quantitative estimate of drug-likeness (QED) is 0.283. The molecule has 0 saturated heterocycles. The summed E-state index contributed by atoms with van der Waals surface area (Å²) in [5, 5.41) is 8.69. The van der Waals surface area contributed by atoms with Crippen LogP contribution in [-0.4, -0.2) is 30.3 Å². The van der Waals surface area contributed by atoms with E-state index in [4.69, 9.17) is 14.6 Å². The van der Waals surface area contributed by atoms with Crippen molar-refractivity contribution in [3.8, 4) is 0 Å². The zero-order valence-corrected chi connectivity index (χ0v) is 17.5. The van der Waals surface area contributed by atoms with Gasteiger partial charge in [0.05, 0.1) is 13.2 Å². The van der Waals surface area contributed by atoms with E-state index in [1.165, 1.54) is 5.56 Å². The highest BCUT2D eigenvalue weighted by atomic mass is 16.5. The standard InChI is InChI=1S/C25H30O5/c1-19(2)25(28)30-18-6-4-3-5-17-29-23-14-12-22(13-15-23)21-10-7-20(8-11-21)9-16-24(26)27/h7-12,14-16,22H,1,3-6,13,17-18H2,2H3,(H,26,27)/b16-9+. The van der Waals surface area contributed by atoms with Crippen LogP contribution in [0.1, 0.15) is 56.1 Å². The molecule has 0 aliphatic heterocycles. The number of ether oxygens (including phenoxy) is 2. The number of esters is 1. The summed E-state index contributed by atoms with van der Waals surface area (Å²) in [4.78, 5) is 21.8. The van der Waals surface area contributed by atoms with E-state index in [1.54, 1.807) is 13.0 Å². The summed E-state index contributed by atoms with van der Waals surface area (Å²) in [6, 6.07) is 7.92. The number of carboxylic acids is 1. The molecule has 0 saturated carbocycles. The van der Waals surface area contributed by atoms with Crippen LogP contribution in [-0.2, 0) is 19.1 Å². The highest BCUT2D eigenvalue weighted by Gasteiger charge is 2.11. The molecular weight excluding hydrogens is 380 g/mol. The minimum atomic E-state index is -0.948. The lowest BCUT2D eigenvalue weighted by atomic mass is 9.91. The van der Waals surface area contributed by atoms with Crippen molar-refractivity contribution in [1.82, 2.24) is 0 Å². The summed E-state index contributed by atoms with van der Waals surface area (Å²) in [6.07, 6.45) is 13.7. The predicted octanol–water partition coefficient (Wildman–Crippen LogP) is 5.41. The third-order valence-electron chi connectivity index (χ3n) is 4.74. The first-order valence-corrected chi connectivity index (χ1v) is 10.3. The van der Waals surface area contributed by atoms with E-state index in [-0.39, 0.29) is 5.97 Å². The molecule has 0 aromatic heterocycles. The van der Waals surface area contributed by atoms with Crippen molar-refractivity contribution in [2.45, 2.75) is 44.9 Å². The fourth-order valence-electron chi connectivity index (χ4n) is 3.01. The number of aliphatic carboxylic acids is 1. The van der Waals surface area contributed by atoms with Crippen LogP contribution in [0.5, 0.6) is 0 Å². The van der Waals surface area contributed by atoms with Gasteiger partial charge in [0.15, 0.2) is 0 Å². The SMILES string of the molecule is C=C(C)C(=O)OCCCCCCOC1=CCC(c2ccc(/C=C/C(=O)O)cc2)C=C1. The van der Waals surface area contributed by atoms with Gasteiger partial charge in [0.1, 0.15) is 5.76 Å². The number of rotatable bonds is 12. The van der Waals surface area contributed by atoms with Gasteiger partial charge in [0.25, 0.3) is 0 Å². The van der Waals surface area contributed by atoms with Gasteiger partial charge >= 0.3 is 11.9 Å². The lowest BCUT2D eigenvalue weighted by Gasteiger charge is -2.17. The van der Waals surface area contributed by atoms with Crippen molar-refractivity contribution in [1.29, 1.82) is 0 Å². The normalized spacial score (nSPS) is 15.6. The molecular formula is C25H30O5. The molecule has 1 unspecified atom stereocenters. The highest BCUT2D eigenvalue weighted by Crippen LogP contribution is 2.27. The average molecular weight is 411 g/mol. The molecule has 1 atom stereocenters. The number of carbonyl (C=O) groups is 2. The fourth-order valence-corrected chi connectivity index (χ4v) is 3.01. The van der Waals surface area contributed by atoms with Gasteiger partial charge in [0, 0.05) is 17.6 Å². The Morgan fingerprint density at radius 2 is 1.83 bits per heavy atom. The molecule has 1 aliphatic carbocycles. The van der Waals surface area contributed by atoms with Gasteiger partial charge in [-0.25, -0.2) is 9.59 Å². The lowest BCUT2D eigenvalue weighted by molar-refractivity contribution is -0.139. The molecule has 1 aromatic carbocycles. The molecule has 2 rings (SSSR count). The van der Waals surface area contributed by atoms with Crippen molar-refractivity contribution in [3.63, 3.8) is 0 Å². The smallest absolute Gasteiger partial charge is 0.333 e. The molecule has 30 heavy (non-hydrogen) atoms. The molecule has 0 amide bonds. The summed E-state index contributed by atoms with van der Waals surface area (Å²) in [7, 11) is 0. The van der Waals surface area contributed by atoms with E-state index in [0.717, 1.165) is 49.5 Å². The Kier molecular flexibility index (Phi) is 9.65. The first-order valence-electron chi connectivity index (χ1n) is 10.3. The van der Waals surface area contributed by atoms with Gasteiger partial charge < -0.3 is 14.6 Å². The lowest BCUT2D eigenvalue weighted by Crippen LogP contribution is -2.06. The Bertz CT molecular complexity index is 814. The van der Waals surface area contributed by atoms with Gasteiger partial charge in [0.2, 0.25) is 0 Å². The summed E-state index contributed by atoms with van der Waals surface area (Å²) >= 11 is 0. The largest absolute Gasteiger partial charge is 0.494 e. The minimum absolute atomic E-state index is 0.303. The van der Waals surface area contributed by atoms with Crippen LogP contribution in [0.25, 0.3) is 6.08 Å². The Hall–Kier alpha value is -3.08. The maximum Gasteiger partial charge on any atom is 0.333 e. The second-order valence-corrected chi connectivity index (χ2v) is 7.32. The number of hydrogen-bond acceptors (Lipinski definition) is 4. The number of allylic oxidation sites excluding steroid dienone is 3. The molecule has 160 valence electrons. The van der Waals surface area contributed by atoms with Crippen molar-refractivity contribution < 1.29 is 24.2 Å². The Morgan fingerprint density at radius 1 is 1.13 bits per heavy atom. The molecule has 0 spiro atoms. The second kappa shape index (κ2) is 12.5. The van der Waals surface area contributed by atoms with Crippen molar-refractivity contribution in [2.24, 2.45) is 0 Å². The fraction of sp³-hybridized carbons (Fsp3) is 0.360. The van der Waals surface area contributed by atoms with E-state index in [2.05, 4.69) is 18.7 Å². The zero-order chi connectivity index (χ0) is 21.8. The number of benzene rings is 1. The third kappa shape index (κ3) is 8.52. The average Bonchev–Trinajstić information content (AvgIpc) is 2.74. The molecule has 5 nitrogen and oxygen atoms in total. The Labute approximate surface area is 178 Å². The van der Waals surface area contributed by atoms with Gasteiger partial charge in [-0.1, -0.05) is 36.9 Å². The van der Waals surface area contributed by atoms with Gasteiger partial charge in [-0.15, -0.1) is 0 Å². The number of hydrogen-bond donors (Lipinski definition) is 1. The number of carbonyl (C=O) groups excluding carboxylic acids is 1. The molecule has 1 aromatic rings. The number of unbranched alkanes of at least 4 members (excludes halogenated alkanes) is 3. The molecule has 1 aliphatic rings. The molecule has 0 heterocycles. The highest BCUT2D eigenvalue weighted by molar-refractivity contribution is 5.87. The summed E-state index contributed by atoms with van der Waals surface area (Å²) in [6.45, 7) is 6.32. The summed E-state index contributed by atoms with van der Waals surface area (Å²) in [5.74, 6) is -0.0610. The Morgan fingerprint density at radius 3 is 2.43 bits per heavy atom. The van der Waals surface area contributed by atoms with Crippen LogP contribution < -0.4 is 0 Å². The van der Waals surface area contributed by atoms with E-state index < -0.39 is 5.97 Å². The molecule has 5 heteroatoms. The topological polar surface area (TPSA) is 72.8 Å². The third-order valence-corrected chi connectivity index (χ3v) is 4.74. The maximum absolute atomic E-state index is 11.3. The van der Waals surface area contributed by atoms with Crippen LogP contribution >= 0.6 is 0 Å². The van der Waals surface area contributed by atoms with E-state index in [1.807, 2.05) is 30.3 Å². The van der Waals surface area contributed by atoms with Crippen LogP contribution in [0.2, 0.25) is 0 Å². The Balaban J connectivity index is 1.61. The summed E-state index contributed by atoms with van der Waals surface area (Å²) < 4.78 is 10.9. The van der Waals surface area contributed by atoms with E-state index >= 15 is 0 Å². The second-order valence-electron chi connectivity index (χ2n) is 7.32. The van der Waals surface area contributed by atoms with Gasteiger partial charge in [-0.2, -0.15) is 0 Å². The molecule has 1 N–H and O–H groups in total. The van der Waals surface area contributed by atoms with Gasteiger partial charge in [-0.3, -0.25) is 0 Å². The van der Waals surface area contributed by atoms with Crippen LogP contribution in [0.15, 0.2) is 66.5 Å². The predicted molar refractivity (Wildman–Crippen MR) is 118 cm³/mol. The summed E-state index contributed by atoms with van der Waals surface area (Å²) in [5.41, 5.74) is 2.50. The first-order chi connectivity index (χ1) is 14.5. The van der Waals surface area contributed by atoms with Crippen LogP contribution in [0, 0.1) is 0 Å². The van der Waals surface area contributed by atoms with Crippen molar-refractivity contribution >= 4 is 18.0 Å². The molecule has 0 radical (unpaired) electrons. The zero-order valence-electron chi connectivity index (χ0n) is 17.5. The molecule has 0 fully saturated rings. The van der Waals surface area contributed by atoms with Crippen LogP contribution in [0.3, 0.4) is 0 Å². The van der Waals surface area contributed by atoms with E-state index in [9.17, 15) is 9.59 Å². The maximum atomic E-state index is 11.3. The molecule has 0 bridgehead atoms. The minimum Gasteiger partial charge on any atom is -0.494 e. The van der Waals surface area contributed by atoms with Crippen molar-refractivity contribution in [2.75, 3.05) is 13.2 Å². The first kappa shape index (κ1) is 23.2. The number of carboxylic acid groups (broad SMARTS) is 1. The van der Waals surface area contributed by atoms with Crippen molar-refractivity contribution in [3.05, 3.63) is 77.6 Å².